The molecule has 4 rings (SSSR count). The highest BCUT2D eigenvalue weighted by molar-refractivity contribution is 7.09. The van der Waals surface area contributed by atoms with Gasteiger partial charge in [0.2, 0.25) is 11.8 Å². The molecule has 2 heterocycles. The number of rotatable bonds is 8. The lowest BCUT2D eigenvalue weighted by Gasteiger charge is -2.42. The lowest BCUT2D eigenvalue weighted by atomic mass is 9.72. The molecule has 4 N–H and O–H groups in total. The maximum atomic E-state index is 13.7. The van der Waals surface area contributed by atoms with Gasteiger partial charge >= 0.3 is 5.97 Å². The van der Waals surface area contributed by atoms with Gasteiger partial charge < -0.3 is 21.1 Å². The van der Waals surface area contributed by atoms with E-state index in [0.29, 0.717) is 44.3 Å². The van der Waals surface area contributed by atoms with Crippen molar-refractivity contribution in [3.8, 4) is 0 Å². The summed E-state index contributed by atoms with van der Waals surface area (Å²) in [5, 5.41) is 14.9. The minimum Gasteiger partial charge on any atom is -0.478 e. The van der Waals surface area contributed by atoms with Crippen molar-refractivity contribution in [1.82, 2.24) is 10.2 Å². The number of halogens is 1. The first-order chi connectivity index (χ1) is 16.9. The van der Waals surface area contributed by atoms with E-state index in [9.17, 15) is 19.5 Å². The molecule has 1 saturated carbocycles. The number of thiophene rings is 1. The molecule has 0 bridgehead atoms. The van der Waals surface area contributed by atoms with Crippen LogP contribution >= 0.6 is 23.7 Å². The van der Waals surface area contributed by atoms with E-state index in [4.69, 9.17) is 5.73 Å². The number of nitrogens with one attached hydrogen (secondary N) is 1. The fraction of sp³-hybridized carbons (Fsp3) is 0.519. The molecular weight excluding hydrogens is 498 g/mol. The second kappa shape index (κ2) is 12.7. The molecule has 2 aliphatic rings. The van der Waals surface area contributed by atoms with Gasteiger partial charge in [0.1, 0.15) is 0 Å². The quantitative estimate of drug-likeness (QED) is 0.474. The summed E-state index contributed by atoms with van der Waals surface area (Å²) >= 11 is 1.59. The Balaban J connectivity index is 0.00000361. The van der Waals surface area contributed by atoms with Crippen LogP contribution in [-0.2, 0) is 22.4 Å². The molecule has 1 aromatic heterocycles. The smallest absolute Gasteiger partial charge is 0.335 e. The Hall–Kier alpha value is -2.42. The first-order valence-electron chi connectivity index (χ1n) is 12.6. The molecule has 2 aromatic rings. The zero-order valence-corrected chi connectivity index (χ0v) is 22.1. The second-order valence-electron chi connectivity index (χ2n) is 9.94. The van der Waals surface area contributed by atoms with Crippen LogP contribution in [0.1, 0.15) is 65.7 Å². The molecule has 1 atom stereocenters. The Labute approximate surface area is 222 Å². The monoisotopic (exact) mass is 533 g/mol. The van der Waals surface area contributed by atoms with Crippen LogP contribution in [0, 0.1) is 5.41 Å². The fourth-order valence-corrected chi connectivity index (χ4v) is 6.20. The number of nitrogens with two attached hydrogens (primary N) is 1. The first-order valence-corrected chi connectivity index (χ1v) is 13.4. The Morgan fingerprint density at radius 3 is 2.42 bits per heavy atom. The summed E-state index contributed by atoms with van der Waals surface area (Å²) < 4.78 is 0. The van der Waals surface area contributed by atoms with Crippen LogP contribution in [0.3, 0.4) is 0 Å². The number of nitrogens with zero attached hydrogens (tertiary/aromatic N) is 1. The van der Waals surface area contributed by atoms with Crippen LogP contribution in [-0.4, -0.2) is 53.0 Å². The summed E-state index contributed by atoms with van der Waals surface area (Å²) in [4.78, 5) is 41.4. The third-order valence-corrected chi connectivity index (χ3v) is 8.45. The molecule has 36 heavy (non-hydrogen) atoms. The first kappa shape index (κ1) is 28.2. The maximum absolute atomic E-state index is 13.7. The van der Waals surface area contributed by atoms with Crippen molar-refractivity contribution in [2.24, 2.45) is 11.1 Å². The normalized spacial score (nSPS) is 18.6. The van der Waals surface area contributed by atoms with Gasteiger partial charge in [-0.1, -0.05) is 43.5 Å². The minimum absolute atomic E-state index is 0. The minimum atomic E-state index is -0.990. The Bertz CT molecular complexity index is 1030. The van der Waals surface area contributed by atoms with Crippen molar-refractivity contribution in [2.75, 3.05) is 13.1 Å². The average Bonchev–Trinajstić information content (AvgIpc) is 3.38. The molecule has 196 valence electrons. The summed E-state index contributed by atoms with van der Waals surface area (Å²) in [7, 11) is 0. The van der Waals surface area contributed by atoms with E-state index in [1.165, 1.54) is 6.42 Å². The van der Waals surface area contributed by atoms with Gasteiger partial charge in [-0.05, 0) is 55.2 Å². The lowest BCUT2D eigenvalue weighted by molar-refractivity contribution is -0.141. The molecule has 1 aliphatic carbocycles. The zero-order valence-electron chi connectivity index (χ0n) is 20.5. The van der Waals surface area contributed by atoms with Crippen LogP contribution in [0.2, 0.25) is 0 Å². The van der Waals surface area contributed by atoms with Crippen molar-refractivity contribution < 1.29 is 19.5 Å². The number of piperidine rings is 1. The highest BCUT2D eigenvalue weighted by Crippen LogP contribution is 2.37. The molecule has 1 aromatic carbocycles. The number of hydrogen-bond donors (Lipinski definition) is 3. The van der Waals surface area contributed by atoms with Gasteiger partial charge in [-0.2, -0.15) is 0 Å². The molecule has 1 saturated heterocycles. The van der Waals surface area contributed by atoms with Crippen LogP contribution in [0.5, 0.6) is 0 Å². The molecule has 1 aliphatic heterocycles. The van der Waals surface area contributed by atoms with Gasteiger partial charge in [-0.3, -0.25) is 9.59 Å². The maximum Gasteiger partial charge on any atom is 0.335 e. The molecule has 1 unspecified atom stereocenters. The number of aromatic carboxylic acids is 1. The van der Waals surface area contributed by atoms with Gasteiger partial charge in [0.25, 0.3) is 0 Å². The number of carbonyl (C=O) groups excluding carboxylic acids is 2. The van der Waals surface area contributed by atoms with Gasteiger partial charge in [0.15, 0.2) is 0 Å². The average molecular weight is 534 g/mol. The lowest BCUT2D eigenvalue weighted by Crippen LogP contribution is -2.55. The Morgan fingerprint density at radius 1 is 1.08 bits per heavy atom. The number of amides is 2. The molecule has 9 heteroatoms. The predicted octanol–water partition coefficient (Wildman–Crippen LogP) is 4.04. The van der Waals surface area contributed by atoms with Gasteiger partial charge in [0.05, 0.1) is 17.0 Å². The molecule has 7 nitrogen and oxygen atoms in total. The van der Waals surface area contributed by atoms with Crippen molar-refractivity contribution >= 4 is 41.5 Å². The number of carboxylic acids is 1. The summed E-state index contributed by atoms with van der Waals surface area (Å²) in [5.74, 6) is -1.10. The fourth-order valence-electron chi connectivity index (χ4n) is 5.44. The van der Waals surface area contributed by atoms with Crippen LogP contribution < -0.4 is 11.1 Å². The summed E-state index contributed by atoms with van der Waals surface area (Å²) in [6, 6.07) is 10.4. The van der Waals surface area contributed by atoms with E-state index >= 15 is 0 Å². The van der Waals surface area contributed by atoms with Gasteiger partial charge in [0, 0.05) is 30.4 Å². The SMILES string of the molecule is Cl.NC(Cc1cccs1)C(=O)N1CCC(Cc2ccccc2C(=O)O)(C(=O)NC2CCCCC2)CC1. The predicted molar refractivity (Wildman–Crippen MR) is 144 cm³/mol. The highest BCUT2D eigenvalue weighted by Gasteiger charge is 2.44. The van der Waals surface area contributed by atoms with Crippen molar-refractivity contribution in [3.63, 3.8) is 0 Å². The van der Waals surface area contributed by atoms with E-state index in [1.54, 1.807) is 34.4 Å². The zero-order chi connectivity index (χ0) is 24.8. The molecular formula is C27H36ClN3O4S. The highest BCUT2D eigenvalue weighted by atomic mass is 35.5. The van der Waals surface area contributed by atoms with Crippen LogP contribution in [0.25, 0.3) is 0 Å². The molecule has 2 amide bonds. The van der Waals surface area contributed by atoms with Gasteiger partial charge in [-0.15, -0.1) is 23.7 Å². The van der Waals surface area contributed by atoms with Crippen LogP contribution in [0.4, 0.5) is 0 Å². The number of benzene rings is 1. The van der Waals surface area contributed by atoms with E-state index in [-0.39, 0.29) is 35.8 Å². The number of carbonyl (C=O) groups is 3. The van der Waals surface area contributed by atoms with Crippen molar-refractivity contribution in [1.29, 1.82) is 0 Å². The van der Waals surface area contributed by atoms with E-state index in [0.717, 1.165) is 30.6 Å². The van der Waals surface area contributed by atoms with Crippen LogP contribution in [0.15, 0.2) is 41.8 Å². The van der Waals surface area contributed by atoms with E-state index in [2.05, 4.69) is 5.32 Å². The van der Waals surface area contributed by atoms with E-state index in [1.807, 2.05) is 23.6 Å². The largest absolute Gasteiger partial charge is 0.478 e. The summed E-state index contributed by atoms with van der Waals surface area (Å²) in [5.41, 5.74) is 6.38. The summed E-state index contributed by atoms with van der Waals surface area (Å²) in [6.45, 7) is 0.870. The van der Waals surface area contributed by atoms with Gasteiger partial charge in [-0.25, -0.2) is 4.79 Å². The van der Waals surface area contributed by atoms with E-state index < -0.39 is 17.4 Å². The Morgan fingerprint density at radius 2 is 1.78 bits per heavy atom. The molecule has 0 radical (unpaired) electrons. The Kier molecular flexibility index (Phi) is 9.93. The second-order valence-corrected chi connectivity index (χ2v) is 11.0. The third kappa shape index (κ3) is 6.66. The topological polar surface area (TPSA) is 113 Å². The molecule has 0 spiro atoms. The van der Waals surface area contributed by atoms with Crippen molar-refractivity contribution in [2.45, 2.75) is 69.9 Å². The third-order valence-electron chi connectivity index (χ3n) is 7.55. The van der Waals surface area contributed by atoms with Crippen molar-refractivity contribution in [3.05, 3.63) is 57.8 Å². The summed E-state index contributed by atoms with van der Waals surface area (Å²) in [6.07, 6.45) is 7.21. The standard InChI is InChI=1S/C27H35N3O4S.ClH/c28-23(17-21-10-6-16-35-21)24(31)30-14-12-27(13-15-30,26(34)29-20-8-2-1-3-9-20)18-19-7-4-5-11-22(19)25(32)33;/h4-7,10-11,16,20,23H,1-3,8-9,12-15,17-18,28H2,(H,29,34)(H,32,33);1H. The molecule has 2 fully saturated rings. The number of carboxylic acid groups (broad SMARTS) is 1. The number of likely N-dealkylation sites (tertiary alicyclic amines) is 1. The number of hydrogen-bond acceptors (Lipinski definition) is 5.